The molecule has 2 N–H and O–H groups in total. The fraction of sp³-hybridized carbons (Fsp3) is 0.933. The zero-order valence-electron chi connectivity index (χ0n) is 13.0. The highest BCUT2D eigenvalue weighted by Gasteiger charge is 2.28. The fourth-order valence-electron chi connectivity index (χ4n) is 2.92. The number of carbonyl (C=O) groups is 1. The molecule has 4 heteroatoms. The van der Waals surface area contributed by atoms with Crippen LogP contribution in [0, 0.1) is 0 Å². The number of nitrogens with zero attached hydrogens (tertiary/aromatic N) is 1. The van der Waals surface area contributed by atoms with Gasteiger partial charge in [-0.1, -0.05) is 20.3 Å². The normalized spacial score (nSPS) is 22.5. The molecule has 0 aromatic heterocycles. The summed E-state index contributed by atoms with van der Waals surface area (Å²) in [4.78, 5) is 14.5. The van der Waals surface area contributed by atoms with Gasteiger partial charge in [0.2, 0.25) is 5.91 Å². The van der Waals surface area contributed by atoms with Gasteiger partial charge in [0, 0.05) is 18.1 Å². The first-order chi connectivity index (χ1) is 9.12. The van der Waals surface area contributed by atoms with E-state index < -0.39 is 0 Å². The minimum atomic E-state index is 0.184. The quantitative estimate of drug-likeness (QED) is 0.740. The predicted octanol–water partition coefficient (Wildman–Crippen LogP) is 1.75. The van der Waals surface area contributed by atoms with Crippen molar-refractivity contribution >= 4 is 5.91 Å². The van der Waals surface area contributed by atoms with E-state index in [2.05, 4.69) is 36.3 Å². The predicted molar refractivity (Wildman–Crippen MR) is 80.2 cm³/mol. The van der Waals surface area contributed by atoms with E-state index in [1.165, 1.54) is 19.3 Å². The van der Waals surface area contributed by atoms with Crippen LogP contribution in [-0.2, 0) is 4.79 Å². The molecule has 2 atom stereocenters. The van der Waals surface area contributed by atoms with E-state index in [1.54, 1.807) is 0 Å². The highest BCUT2D eigenvalue weighted by molar-refractivity contribution is 5.78. The molecule has 19 heavy (non-hydrogen) atoms. The molecule has 1 saturated heterocycles. The second-order valence-corrected chi connectivity index (χ2v) is 5.69. The number of nitrogens with one attached hydrogen (secondary N) is 2. The molecule has 1 rings (SSSR count). The van der Waals surface area contributed by atoms with Gasteiger partial charge < -0.3 is 10.6 Å². The maximum Gasteiger partial charge on any atom is 0.234 e. The van der Waals surface area contributed by atoms with Crippen LogP contribution in [0.4, 0.5) is 0 Å². The van der Waals surface area contributed by atoms with Crippen molar-refractivity contribution in [1.82, 2.24) is 15.5 Å². The van der Waals surface area contributed by atoms with E-state index >= 15 is 0 Å². The summed E-state index contributed by atoms with van der Waals surface area (Å²) in [6.45, 7) is 8.06. The third-order valence-electron chi connectivity index (χ3n) is 4.39. The van der Waals surface area contributed by atoms with Crippen molar-refractivity contribution in [3.63, 3.8) is 0 Å². The summed E-state index contributed by atoms with van der Waals surface area (Å²) >= 11 is 0. The molecule has 2 unspecified atom stereocenters. The van der Waals surface area contributed by atoms with Gasteiger partial charge in [0.15, 0.2) is 0 Å². The highest BCUT2D eigenvalue weighted by Crippen LogP contribution is 2.19. The molecular weight excluding hydrogens is 238 g/mol. The maximum atomic E-state index is 12.1. The van der Waals surface area contributed by atoms with E-state index in [-0.39, 0.29) is 5.91 Å². The summed E-state index contributed by atoms with van der Waals surface area (Å²) in [5.41, 5.74) is 0. The highest BCUT2D eigenvalue weighted by atomic mass is 16.2. The van der Waals surface area contributed by atoms with E-state index in [0.717, 1.165) is 19.4 Å². The van der Waals surface area contributed by atoms with Crippen LogP contribution in [0.1, 0.15) is 52.9 Å². The molecule has 0 radical (unpaired) electrons. The SMILES string of the molecule is CCC(CC)NC(=O)CN1CCCCC1C(C)NC. The van der Waals surface area contributed by atoms with E-state index in [1.807, 2.05) is 7.05 Å². The molecule has 1 fully saturated rings. The molecule has 0 saturated carbocycles. The topological polar surface area (TPSA) is 44.4 Å². The van der Waals surface area contributed by atoms with Gasteiger partial charge in [-0.05, 0) is 46.2 Å². The molecule has 1 amide bonds. The lowest BCUT2D eigenvalue weighted by molar-refractivity contribution is -0.124. The third kappa shape index (κ3) is 5.11. The number of hydrogen-bond donors (Lipinski definition) is 2. The van der Waals surface area contributed by atoms with Gasteiger partial charge in [0.05, 0.1) is 6.54 Å². The molecular formula is C15H31N3O. The number of likely N-dealkylation sites (N-methyl/N-ethyl adjacent to an activating group) is 1. The standard InChI is InChI=1S/C15H31N3O/c1-5-13(6-2)17-15(19)11-18-10-8-7-9-14(18)12(3)16-4/h12-14,16H,5-11H2,1-4H3,(H,17,19). The van der Waals surface area contributed by atoms with Crippen LogP contribution in [0.5, 0.6) is 0 Å². The molecule has 0 aliphatic carbocycles. The minimum absolute atomic E-state index is 0.184. The lowest BCUT2D eigenvalue weighted by Crippen LogP contribution is -2.53. The molecule has 1 heterocycles. The Balaban J connectivity index is 2.50. The molecule has 0 spiro atoms. The summed E-state index contributed by atoms with van der Waals surface area (Å²) in [6, 6.07) is 1.27. The average molecular weight is 269 g/mol. The lowest BCUT2D eigenvalue weighted by Gasteiger charge is -2.38. The van der Waals surface area contributed by atoms with Crippen molar-refractivity contribution in [1.29, 1.82) is 0 Å². The molecule has 1 aliphatic rings. The van der Waals surface area contributed by atoms with E-state index in [0.29, 0.717) is 24.7 Å². The van der Waals surface area contributed by atoms with Crippen molar-refractivity contribution < 1.29 is 4.79 Å². The zero-order chi connectivity index (χ0) is 14.3. The van der Waals surface area contributed by atoms with Crippen molar-refractivity contribution in [3.8, 4) is 0 Å². The number of rotatable bonds is 7. The van der Waals surface area contributed by atoms with Crippen LogP contribution in [0.3, 0.4) is 0 Å². The summed E-state index contributed by atoms with van der Waals surface area (Å²) in [7, 11) is 2.00. The van der Waals surface area contributed by atoms with Gasteiger partial charge in [0.1, 0.15) is 0 Å². The van der Waals surface area contributed by atoms with Crippen LogP contribution in [0.25, 0.3) is 0 Å². The summed E-state index contributed by atoms with van der Waals surface area (Å²) in [5.74, 6) is 0.184. The molecule has 112 valence electrons. The van der Waals surface area contributed by atoms with Crippen LogP contribution >= 0.6 is 0 Å². The number of hydrogen-bond acceptors (Lipinski definition) is 3. The first-order valence-electron chi connectivity index (χ1n) is 7.83. The number of amides is 1. The lowest BCUT2D eigenvalue weighted by atomic mass is 9.96. The molecule has 1 aliphatic heterocycles. The Morgan fingerprint density at radius 1 is 1.32 bits per heavy atom. The van der Waals surface area contributed by atoms with Gasteiger partial charge in [-0.2, -0.15) is 0 Å². The van der Waals surface area contributed by atoms with E-state index in [9.17, 15) is 4.79 Å². The Morgan fingerprint density at radius 2 is 2.00 bits per heavy atom. The molecule has 0 aromatic carbocycles. The Hall–Kier alpha value is -0.610. The van der Waals surface area contributed by atoms with Crippen molar-refractivity contribution in [2.45, 2.75) is 71.0 Å². The Kier molecular flexibility index (Phi) is 7.39. The Bertz CT molecular complexity index is 266. The zero-order valence-corrected chi connectivity index (χ0v) is 13.0. The van der Waals surface area contributed by atoms with Gasteiger partial charge >= 0.3 is 0 Å². The summed E-state index contributed by atoms with van der Waals surface area (Å²) in [6.07, 6.45) is 5.71. The summed E-state index contributed by atoms with van der Waals surface area (Å²) < 4.78 is 0. The van der Waals surface area contributed by atoms with Crippen molar-refractivity contribution in [2.75, 3.05) is 20.1 Å². The van der Waals surface area contributed by atoms with Crippen LogP contribution in [-0.4, -0.2) is 49.1 Å². The van der Waals surface area contributed by atoms with Crippen LogP contribution < -0.4 is 10.6 Å². The third-order valence-corrected chi connectivity index (χ3v) is 4.39. The van der Waals surface area contributed by atoms with Gasteiger partial charge in [-0.25, -0.2) is 0 Å². The monoisotopic (exact) mass is 269 g/mol. The largest absolute Gasteiger partial charge is 0.352 e. The Labute approximate surface area is 118 Å². The number of carbonyl (C=O) groups excluding carboxylic acids is 1. The average Bonchev–Trinajstić information content (AvgIpc) is 2.44. The Morgan fingerprint density at radius 3 is 2.58 bits per heavy atom. The number of likely N-dealkylation sites (tertiary alicyclic amines) is 1. The minimum Gasteiger partial charge on any atom is -0.352 e. The molecule has 0 aromatic rings. The van der Waals surface area contributed by atoms with Gasteiger partial charge in [-0.3, -0.25) is 9.69 Å². The molecule has 0 bridgehead atoms. The van der Waals surface area contributed by atoms with Crippen LogP contribution in [0.15, 0.2) is 0 Å². The van der Waals surface area contributed by atoms with Crippen molar-refractivity contribution in [3.05, 3.63) is 0 Å². The first kappa shape index (κ1) is 16.4. The fourth-order valence-corrected chi connectivity index (χ4v) is 2.92. The first-order valence-corrected chi connectivity index (χ1v) is 7.83. The second kappa shape index (κ2) is 8.54. The van der Waals surface area contributed by atoms with Gasteiger partial charge in [-0.15, -0.1) is 0 Å². The number of piperidine rings is 1. The summed E-state index contributed by atoms with van der Waals surface area (Å²) in [5, 5.41) is 6.47. The smallest absolute Gasteiger partial charge is 0.234 e. The second-order valence-electron chi connectivity index (χ2n) is 5.69. The van der Waals surface area contributed by atoms with E-state index in [4.69, 9.17) is 0 Å². The molecule has 4 nitrogen and oxygen atoms in total. The maximum absolute atomic E-state index is 12.1. The van der Waals surface area contributed by atoms with Gasteiger partial charge in [0.25, 0.3) is 0 Å². The van der Waals surface area contributed by atoms with Crippen LogP contribution in [0.2, 0.25) is 0 Å². The van der Waals surface area contributed by atoms with Crippen molar-refractivity contribution in [2.24, 2.45) is 0 Å².